The van der Waals surface area contributed by atoms with Gasteiger partial charge in [0, 0.05) is 0 Å². The van der Waals surface area contributed by atoms with Crippen LogP contribution in [0.1, 0.15) is 5.76 Å². The summed E-state index contributed by atoms with van der Waals surface area (Å²) < 4.78 is 6.65. The number of imide groups is 1. The number of furan rings is 1. The van der Waals surface area contributed by atoms with Crippen LogP contribution in [0.5, 0.6) is 0 Å². The van der Waals surface area contributed by atoms with Crippen molar-refractivity contribution in [2.75, 3.05) is 5.75 Å². The maximum atomic E-state index is 12.3. The second kappa shape index (κ2) is 8.66. The standard InChI is InChI=1S/C19H16N6O4S/c26-15(22-18(28)20-9-13-7-4-8-29-13)11-30-19-23-16-14(17(27)24-19)10-21-25(16)12-5-2-1-3-6-12/h1-8,10H,9,11H2,(H,23,24,27)(H2,20,22,26,28). The van der Waals surface area contributed by atoms with E-state index < -0.39 is 11.9 Å². The van der Waals surface area contributed by atoms with Crippen LogP contribution in [0.25, 0.3) is 16.7 Å². The number of thioether (sulfide) groups is 1. The summed E-state index contributed by atoms with van der Waals surface area (Å²) in [6, 6.07) is 12.0. The number of hydrogen-bond donors (Lipinski definition) is 3. The maximum Gasteiger partial charge on any atom is 0.321 e. The van der Waals surface area contributed by atoms with Gasteiger partial charge in [-0.2, -0.15) is 5.10 Å². The number of hydrogen-bond acceptors (Lipinski definition) is 7. The van der Waals surface area contributed by atoms with Gasteiger partial charge in [0.25, 0.3) is 5.56 Å². The van der Waals surface area contributed by atoms with Crippen molar-refractivity contribution in [1.82, 2.24) is 30.4 Å². The number of urea groups is 1. The highest BCUT2D eigenvalue weighted by Gasteiger charge is 2.14. The Balaban J connectivity index is 1.40. The Hall–Kier alpha value is -3.86. The molecule has 0 saturated heterocycles. The van der Waals surface area contributed by atoms with Gasteiger partial charge in [0.1, 0.15) is 11.1 Å². The smallest absolute Gasteiger partial charge is 0.321 e. The van der Waals surface area contributed by atoms with E-state index in [9.17, 15) is 14.4 Å². The lowest BCUT2D eigenvalue weighted by atomic mass is 10.3. The SMILES string of the molecule is O=C(CSc1nc2c(cnn2-c2ccccc2)c(=O)[nH]1)NC(=O)NCc1ccco1. The van der Waals surface area contributed by atoms with Crippen LogP contribution in [0.4, 0.5) is 4.79 Å². The zero-order valence-electron chi connectivity index (χ0n) is 15.5. The summed E-state index contributed by atoms with van der Waals surface area (Å²) in [5.41, 5.74) is 0.776. The van der Waals surface area contributed by atoms with Gasteiger partial charge in [-0.1, -0.05) is 30.0 Å². The average molecular weight is 424 g/mol. The summed E-state index contributed by atoms with van der Waals surface area (Å²) in [6.07, 6.45) is 2.93. The van der Waals surface area contributed by atoms with Crippen molar-refractivity contribution in [3.63, 3.8) is 0 Å². The first-order chi connectivity index (χ1) is 14.6. The van der Waals surface area contributed by atoms with Crippen molar-refractivity contribution in [2.24, 2.45) is 0 Å². The summed E-state index contributed by atoms with van der Waals surface area (Å²) in [7, 11) is 0. The van der Waals surface area contributed by atoms with Crippen LogP contribution in [0.2, 0.25) is 0 Å². The van der Waals surface area contributed by atoms with E-state index in [2.05, 4.69) is 25.7 Å². The van der Waals surface area contributed by atoms with Crippen molar-refractivity contribution in [3.8, 4) is 5.69 Å². The van der Waals surface area contributed by atoms with Crippen molar-refractivity contribution < 1.29 is 14.0 Å². The molecule has 10 nitrogen and oxygen atoms in total. The third-order valence-corrected chi connectivity index (χ3v) is 4.89. The largest absolute Gasteiger partial charge is 0.467 e. The van der Waals surface area contributed by atoms with E-state index in [-0.39, 0.29) is 23.0 Å². The molecule has 30 heavy (non-hydrogen) atoms. The molecule has 3 aromatic heterocycles. The average Bonchev–Trinajstić information content (AvgIpc) is 3.41. The fourth-order valence-corrected chi connectivity index (χ4v) is 3.30. The van der Waals surface area contributed by atoms with Gasteiger partial charge in [-0.25, -0.2) is 14.5 Å². The minimum absolute atomic E-state index is 0.109. The highest BCUT2D eigenvalue weighted by molar-refractivity contribution is 7.99. The molecule has 0 unspecified atom stereocenters. The summed E-state index contributed by atoms with van der Waals surface area (Å²) in [4.78, 5) is 43.2. The predicted molar refractivity (Wildman–Crippen MR) is 109 cm³/mol. The molecule has 0 fully saturated rings. The highest BCUT2D eigenvalue weighted by Crippen LogP contribution is 2.17. The molecular formula is C19H16N6O4S. The van der Waals surface area contributed by atoms with E-state index in [0.717, 1.165) is 17.4 Å². The predicted octanol–water partition coefficient (Wildman–Crippen LogP) is 1.82. The quantitative estimate of drug-likeness (QED) is 0.317. The Morgan fingerprint density at radius 2 is 2.00 bits per heavy atom. The van der Waals surface area contributed by atoms with E-state index in [1.807, 2.05) is 30.3 Å². The van der Waals surface area contributed by atoms with E-state index in [1.165, 1.54) is 12.5 Å². The number of benzene rings is 1. The van der Waals surface area contributed by atoms with Gasteiger partial charge < -0.3 is 14.7 Å². The van der Waals surface area contributed by atoms with Crippen molar-refractivity contribution in [2.45, 2.75) is 11.7 Å². The molecular weight excluding hydrogens is 408 g/mol. The number of H-pyrrole nitrogens is 1. The molecule has 1 aromatic carbocycles. The molecule has 3 amide bonds. The van der Waals surface area contributed by atoms with Gasteiger partial charge in [-0.05, 0) is 24.3 Å². The minimum Gasteiger partial charge on any atom is -0.467 e. The molecule has 0 radical (unpaired) electrons. The number of aromatic nitrogens is 4. The number of carbonyl (C=O) groups excluding carboxylic acids is 2. The lowest BCUT2D eigenvalue weighted by Crippen LogP contribution is -2.39. The van der Waals surface area contributed by atoms with E-state index in [1.54, 1.807) is 16.8 Å². The van der Waals surface area contributed by atoms with E-state index in [0.29, 0.717) is 16.8 Å². The molecule has 0 spiro atoms. The van der Waals surface area contributed by atoms with Crippen LogP contribution < -0.4 is 16.2 Å². The topological polar surface area (TPSA) is 135 Å². The van der Waals surface area contributed by atoms with Crippen molar-refractivity contribution in [3.05, 3.63) is 71.0 Å². The number of aromatic amines is 1. The number of nitrogens with zero attached hydrogens (tertiary/aromatic N) is 3. The first-order valence-corrected chi connectivity index (χ1v) is 9.85. The first-order valence-electron chi connectivity index (χ1n) is 8.86. The number of amides is 3. The number of fused-ring (bicyclic) bond motifs is 1. The third kappa shape index (κ3) is 4.41. The molecule has 152 valence electrons. The molecule has 3 heterocycles. The molecule has 0 aliphatic heterocycles. The Bertz CT molecular complexity index is 1230. The number of nitrogens with one attached hydrogen (secondary N) is 3. The molecule has 4 rings (SSSR count). The number of para-hydroxylation sites is 1. The second-order valence-electron chi connectivity index (χ2n) is 6.10. The molecule has 11 heteroatoms. The molecule has 0 aliphatic rings. The lowest BCUT2D eigenvalue weighted by Gasteiger charge is -2.06. The molecule has 0 atom stereocenters. The first kappa shape index (κ1) is 19.5. The van der Waals surface area contributed by atoms with Crippen LogP contribution in [0.15, 0.2) is 69.3 Å². The van der Waals surface area contributed by atoms with Crippen LogP contribution in [-0.2, 0) is 11.3 Å². The van der Waals surface area contributed by atoms with Gasteiger partial charge in [-0.3, -0.25) is 14.9 Å². The van der Waals surface area contributed by atoms with Gasteiger partial charge >= 0.3 is 6.03 Å². The zero-order valence-corrected chi connectivity index (χ0v) is 16.3. The number of carbonyl (C=O) groups is 2. The molecule has 0 bridgehead atoms. The Morgan fingerprint density at radius 1 is 1.17 bits per heavy atom. The zero-order chi connectivity index (χ0) is 20.9. The summed E-state index contributed by atoms with van der Waals surface area (Å²) >= 11 is 1.00. The van der Waals surface area contributed by atoms with Gasteiger partial charge in [0.2, 0.25) is 5.91 Å². The van der Waals surface area contributed by atoms with Gasteiger partial charge in [-0.15, -0.1) is 0 Å². The van der Waals surface area contributed by atoms with Crippen LogP contribution in [0.3, 0.4) is 0 Å². The van der Waals surface area contributed by atoms with Crippen molar-refractivity contribution in [1.29, 1.82) is 0 Å². The van der Waals surface area contributed by atoms with Crippen LogP contribution in [0, 0.1) is 0 Å². The van der Waals surface area contributed by atoms with E-state index in [4.69, 9.17) is 4.42 Å². The van der Waals surface area contributed by atoms with Crippen LogP contribution in [-0.4, -0.2) is 37.4 Å². The fourth-order valence-electron chi connectivity index (χ4n) is 2.65. The highest BCUT2D eigenvalue weighted by atomic mass is 32.2. The van der Waals surface area contributed by atoms with Gasteiger partial charge in [0.15, 0.2) is 10.8 Å². The second-order valence-corrected chi connectivity index (χ2v) is 7.06. The van der Waals surface area contributed by atoms with Crippen molar-refractivity contribution >= 4 is 34.7 Å². The van der Waals surface area contributed by atoms with Crippen LogP contribution >= 0.6 is 11.8 Å². The van der Waals surface area contributed by atoms with E-state index >= 15 is 0 Å². The Kier molecular flexibility index (Phi) is 5.61. The summed E-state index contributed by atoms with van der Waals surface area (Å²) in [6.45, 7) is 0.161. The fraction of sp³-hybridized carbons (Fsp3) is 0.105. The molecule has 0 saturated carbocycles. The normalized spacial score (nSPS) is 10.8. The Labute approximate surface area is 173 Å². The Morgan fingerprint density at radius 3 is 2.77 bits per heavy atom. The summed E-state index contributed by atoms with van der Waals surface area (Å²) in [5, 5.41) is 9.53. The lowest BCUT2D eigenvalue weighted by molar-refractivity contribution is -0.117. The monoisotopic (exact) mass is 424 g/mol. The third-order valence-electron chi connectivity index (χ3n) is 4.01. The minimum atomic E-state index is -0.643. The molecule has 3 N–H and O–H groups in total. The summed E-state index contributed by atoms with van der Waals surface area (Å²) in [5.74, 6) is -0.0735. The molecule has 0 aliphatic carbocycles. The number of rotatable bonds is 6. The maximum absolute atomic E-state index is 12.3. The van der Waals surface area contributed by atoms with Gasteiger partial charge in [0.05, 0.1) is 30.4 Å². The molecule has 4 aromatic rings.